The molecule has 2 atom stereocenters. The number of carbonyl (C=O) groups is 1. The minimum atomic E-state index is -0.962. The van der Waals surface area contributed by atoms with Crippen molar-refractivity contribution >= 4 is 5.97 Å². The van der Waals surface area contributed by atoms with Crippen LogP contribution >= 0.6 is 0 Å². The second-order valence-electron chi connectivity index (χ2n) is 5.87. The molecule has 0 aliphatic carbocycles. The van der Waals surface area contributed by atoms with Gasteiger partial charge in [-0.1, -0.05) is 6.07 Å². The molecule has 0 aromatic heterocycles. The van der Waals surface area contributed by atoms with E-state index in [9.17, 15) is 9.90 Å². The zero-order valence-corrected chi connectivity index (χ0v) is 12.1. The van der Waals surface area contributed by atoms with Gasteiger partial charge in [0.05, 0.1) is 18.8 Å². The number of rotatable bonds is 3. The van der Waals surface area contributed by atoms with Crippen molar-refractivity contribution in [1.29, 1.82) is 0 Å². The number of aryl methyl sites for hydroxylation is 1. The Balaban J connectivity index is 1.77. The van der Waals surface area contributed by atoms with Crippen LogP contribution in [0.5, 0.6) is 5.75 Å². The molecule has 21 heavy (non-hydrogen) atoms. The first-order chi connectivity index (χ1) is 10.1. The van der Waals surface area contributed by atoms with Gasteiger partial charge in [0.1, 0.15) is 17.4 Å². The average Bonchev–Trinajstić information content (AvgIpc) is 2.86. The summed E-state index contributed by atoms with van der Waals surface area (Å²) in [6, 6.07) is 5.17. The summed E-state index contributed by atoms with van der Waals surface area (Å²) in [5.41, 5.74) is 0.959. The van der Waals surface area contributed by atoms with Gasteiger partial charge < -0.3 is 19.3 Å². The molecule has 2 saturated heterocycles. The number of hydrogen-bond donors (Lipinski definition) is 1. The lowest BCUT2D eigenvalue weighted by atomic mass is 9.91. The summed E-state index contributed by atoms with van der Waals surface area (Å²) in [7, 11) is 0. The van der Waals surface area contributed by atoms with Crippen LogP contribution in [0.15, 0.2) is 18.2 Å². The molecule has 2 aliphatic heterocycles. The Bertz CT molecular complexity index is 533. The number of aromatic carboxylic acids is 1. The maximum Gasteiger partial charge on any atom is 0.339 e. The second-order valence-corrected chi connectivity index (χ2v) is 5.87. The van der Waals surface area contributed by atoms with Crippen LogP contribution in [0.4, 0.5) is 0 Å². The third kappa shape index (κ3) is 3.04. The van der Waals surface area contributed by atoms with Crippen molar-refractivity contribution in [2.24, 2.45) is 0 Å². The van der Waals surface area contributed by atoms with Crippen LogP contribution in [0.1, 0.15) is 35.2 Å². The standard InChI is InChI=1S/C16H20O5/c1-11-2-3-13(15(17)18)14(8-11)21-12-4-6-20-16(9-12)5-7-19-10-16/h2-3,8,12H,4-7,9-10H2,1H3,(H,17,18). The van der Waals surface area contributed by atoms with E-state index in [0.29, 0.717) is 19.0 Å². The van der Waals surface area contributed by atoms with E-state index in [2.05, 4.69) is 0 Å². The lowest BCUT2D eigenvalue weighted by Crippen LogP contribution is -2.44. The molecule has 1 spiro atoms. The van der Waals surface area contributed by atoms with Crippen LogP contribution in [-0.4, -0.2) is 42.6 Å². The minimum absolute atomic E-state index is 0.0275. The maximum absolute atomic E-state index is 11.3. The number of benzene rings is 1. The molecule has 5 heteroatoms. The average molecular weight is 292 g/mol. The molecular formula is C16H20O5. The van der Waals surface area contributed by atoms with E-state index in [1.54, 1.807) is 18.2 Å². The van der Waals surface area contributed by atoms with Gasteiger partial charge in [0.25, 0.3) is 0 Å². The van der Waals surface area contributed by atoms with E-state index in [-0.39, 0.29) is 17.3 Å². The lowest BCUT2D eigenvalue weighted by Gasteiger charge is -2.37. The highest BCUT2D eigenvalue weighted by atomic mass is 16.6. The number of carboxylic acid groups (broad SMARTS) is 1. The van der Waals surface area contributed by atoms with Crippen molar-refractivity contribution in [2.45, 2.75) is 37.9 Å². The third-order valence-corrected chi connectivity index (χ3v) is 4.18. The van der Waals surface area contributed by atoms with E-state index >= 15 is 0 Å². The van der Waals surface area contributed by atoms with Crippen molar-refractivity contribution in [3.63, 3.8) is 0 Å². The summed E-state index contributed by atoms with van der Waals surface area (Å²) in [4.78, 5) is 11.3. The molecule has 1 N–H and O–H groups in total. The molecule has 3 rings (SSSR count). The molecule has 2 heterocycles. The minimum Gasteiger partial charge on any atom is -0.489 e. The van der Waals surface area contributed by atoms with Crippen LogP contribution in [-0.2, 0) is 9.47 Å². The van der Waals surface area contributed by atoms with Crippen molar-refractivity contribution in [2.75, 3.05) is 19.8 Å². The zero-order valence-electron chi connectivity index (χ0n) is 12.1. The molecule has 0 amide bonds. The largest absolute Gasteiger partial charge is 0.489 e. The normalized spacial score (nSPS) is 28.7. The van der Waals surface area contributed by atoms with E-state index < -0.39 is 5.97 Å². The fourth-order valence-electron chi connectivity index (χ4n) is 3.03. The predicted molar refractivity (Wildman–Crippen MR) is 75.9 cm³/mol. The van der Waals surface area contributed by atoms with Crippen molar-refractivity contribution in [3.05, 3.63) is 29.3 Å². The van der Waals surface area contributed by atoms with Crippen molar-refractivity contribution < 1.29 is 24.1 Å². The van der Waals surface area contributed by atoms with Gasteiger partial charge in [-0.2, -0.15) is 0 Å². The monoisotopic (exact) mass is 292 g/mol. The Labute approximate surface area is 123 Å². The van der Waals surface area contributed by atoms with Gasteiger partial charge in [0.2, 0.25) is 0 Å². The first kappa shape index (κ1) is 14.4. The van der Waals surface area contributed by atoms with Crippen LogP contribution in [0.3, 0.4) is 0 Å². The van der Waals surface area contributed by atoms with Gasteiger partial charge in [-0.3, -0.25) is 0 Å². The Hall–Kier alpha value is -1.59. The second kappa shape index (κ2) is 5.66. The summed E-state index contributed by atoms with van der Waals surface area (Å²) in [5, 5.41) is 9.27. The van der Waals surface area contributed by atoms with Gasteiger partial charge in [-0.25, -0.2) is 4.79 Å². The summed E-state index contributed by atoms with van der Waals surface area (Å²) < 4.78 is 17.3. The molecule has 1 aromatic carbocycles. The SMILES string of the molecule is Cc1ccc(C(=O)O)c(OC2CCOC3(CCOC3)C2)c1. The fourth-order valence-corrected chi connectivity index (χ4v) is 3.03. The Kier molecular flexibility index (Phi) is 3.87. The van der Waals surface area contributed by atoms with Gasteiger partial charge in [0, 0.05) is 25.9 Å². The Morgan fingerprint density at radius 3 is 3.00 bits per heavy atom. The molecule has 5 nitrogen and oxygen atoms in total. The zero-order chi connectivity index (χ0) is 14.9. The molecule has 0 bridgehead atoms. The third-order valence-electron chi connectivity index (χ3n) is 4.18. The number of carboxylic acids is 1. The summed E-state index contributed by atoms with van der Waals surface area (Å²) in [6.07, 6.45) is 2.38. The van der Waals surface area contributed by atoms with Crippen LogP contribution < -0.4 is 4.74 Å². The first-order valence-corrected chi connectivity index (χ1v) is 7.30. The smallest absolute Gasteiger partial charge is 0.339 e. The molecular weight excluding hydrogens is 272 g/mol. The maximum atomic E-state index is 11.3. The molecule has 2 fully saturated rings. The van der Waals surface area contributed by atoms with Gasteiger partial charge >= 0.3 is 5.97 Å². The highest BCUT2D eigenvalue weighted by Gasteiger charge is 2.42. The van der Waals surface area contributed by atoms with Gasteiger partial charge in [-0.15, -0.1) is 0 Å². The number of hydrogen-bond acceptors (Lipinski definition) is 4. The highest BCUT2D eigenvalue weighted by molar-refractivity contribution is 5.91. The summed E-state index contributed by atoms with van der Waals surface area (Å²) >= 11 is 0. The van der Waals surface area contributed by atoms with E-state index in [1.807, 2.05) is 6.92 Å². The predicted octanol–water partition coefficient (Wildman–Crippen LogP) is 2.41. The van der Waals surface area contributed by atoms with Crippen LogP contribution in [0.25, 0.3) is 0 Å². The Morgan fingerprint density at radius 1 is 1.43 bits per heavy atom. The molecule has 0 radical (unpaired) electrons. The van der Waals surface area contributed by atoms with Crippen molar-refractivity contribution in [1.82, 2.24) is 0 Å². The van der Waals surface area contributed by atoms with Crippen LogP contribution in [0, 0.1) is 6.92 Å². The lowest BCUT2D eigenvalue weighted by molar-refractivity contribution is -0.112. The first-order valence-electron chi connectivity index (χ1n) is 7.30. The molecule has 2 unspecified atom stereocenters. The van der Waals surface area contributed by atoms with E-state index in [0.717, 1.165) is 31.4 Å². The molecule has 114 valence electrons. The van der Waals surface area contributed by atoms with E-state index in [4.69, 9.17) is 14.2 Å². The Morgan fingerprint density at radius 2 is 2.29 bits per heavy atom. The van der Waals surface area contributed by atoms with Gasteiger partial charge in [-0.05, 0) is 24.6 Å². The summed E-state index contributed by atoms with van der Waals surface area (Å²) in [5.74, 6) is -0.514. The van der Waals surface area contributed by atoms with E-state index in [1.165, 1.54) is 0 Å². The molecule has 1 aromatic rings. The van der Waals surface area contributed by atoms with Crippen LogP contribution in [0.2, 0.25) is 0 Å². The fraction of sp³-hybridized carbons (Fsp3) is 0.562. The highest BCUT2D eigenvalue weighted by Crippen LogP contribution is 2.35. The topological polar surface area (TPSA) is 65.0 Å². The number of ether oxygens (including phenoxy) is 3. The molecule has 2 aliphatic rings. The van der Waals surface area contributed by atoms with Crippen molar-refractivity contribution in [3.8, 4) is 5.75 Å². The summed E-state index contributed by atoms with van der Waals surface area (Å²) in [6.45, 7) is 3.88. The quantitative estimate of drug-likeness (QED) is 0.926. The molecule has 0 saturated carbocycles. The van der Waals surface area contributed by atoms with Gasteiger partial charge in [0.15, 0.2) is 0 Å².